The van der Waals surface area contributed by atoms with Gasteiger partial charge in [0.2, 0.25) is 0 Å². The molecule has 5 nitrogen and oxygen atoms in total. The highest BCUT2D eigenvalue weighted by Gasteiger charge is 2.34. The molecule has 3 rings (SSSR count). The lowest BCUT2D eigenvalue weighted by atomic mass is 10.1. The molecule has 98 valence electrons. The van der Waals surface area contributed by atoms with Crippen molar-refractivity contribution in [2.75, 3.05) is 25.0 Å². The van der Waals surface area contributed by atoms with Gasteiger partial charge in [-0.3, -0.25) is 4.79 Å². The summed E-state index contributed by atoms with van der Waals surface area (Å²) in [4.78, 5) is 20.4. The Labute approximate surface area is 111 Å². The van der Waals surface area contributed by atoms with E-state index >= 15 is 0 Å². The van der Waals surface area contributed by atoms with Crippen LogP contribution in [0.1, 0.15) is 19.3 Å². The highest BCUT2D eigenvalue weighted by Crippen LogP contribution is 2.31. The van der Waals surface area contributed by atoms with E-state index in [0.717, 1.165) is 19.1 Å². The molecule has 0 amide bonds. The number of rotatable bonds is 4. The van der Waals surface area contributed by atoms with E-state index < -0.39 is 0 Å². The molecule has 2 fully saturated rings. The molecule has 0 spiro atoms. The van der Waals surface area contributed by atoms with Gasteiger partial charge < -0.3 is 15.2 Å². The number of anilines is 1. The number of nitrogens with zero attached hydrogens (tertiary/aromatic N) is 2. The van der Waals surface area contributed by atoms with E-state index in [2.05, 4.69) is 20.2 Å². The molecular weight excluding hydrogens is 252 g/mol. The number of aromatic nitrogens is 2. The molecule has 2 N–H and O–H groups in total. The molecule has 0 bridgehead atoms. The second-order valence-corrected chi connectivity index (χ2v) is 5.53. The van der Waals surface area contributed by atoms with E-state index in [1.54, 1.807) is 0 Å². The summed E-state index contributed by atoms with van der Waals surface area (Å²) in [6.45, 7) is 3.19. The average Bonchev–Trinajstić information content (AvgIpc) is 3.11. The van der Waals surface area contributed by atoms with Crippen LogP contribution < -0.4 is 10.9 Å². The largest absolute Gasteiger partial charge is 0.368 e. The lowest BCUT2D eigenvalue weighted by Crippen LogP contribution is -2.25. The van der Waals surface area contributed by atoms with Gasteiger partial charge >= 0.3 is 0 Å². The summed E-state index contributed by atoms with van der Waals surface area (Å²) in [5, 5.41) is 3.33. The normalized spacial score (nSPS) is 24.4. The van der Waals surface area contributed by atoms with Crippen LogP contribution in [0.3, 0.4) is 0 Å². The zero-order valence-electron chi connectivity index (χ0n) is 10.2. The minimum absolute atomic E-state index is 0.148. The standard InChI is InChI=1S/C12H17ClN4O/c13-10-11(15-7-16-12(10)18)14-5-8-3-4-17(6-8)9-1-2-9/h7-9H,1-6H2,(H2,14,15,16,18). The van der Waals surface area contributed by atoms with Gasteiger partial charge in [-0.05, 0) is 31.7 Å². The Morgan fingerprint density at radius 1 is 1.50 bits per heavy atom. The van der Waals surface area contributed by atoms with E-state index in [-0.39, 0.29) is 10.6 Å². The smallest absolute Gasteiger partial charge is 0.271 e. The molecule has 0 aromatic carbocycles. The minimum Gasteiger partial charge on any atom is -0.368 e. The Bertz CT molecular complexity index is 485. The molecule has 1 saturated heterocycles. The summed E-state index contributed by atoms with van der Waals surface area (Å²) in [5.74, 6) is 1.12. The Morgan fingerprint density at radius 2 is 2.33 bits per heavy atom. The first-order valence-corrected chi connectivity index (χ1v) is 6.83. The molecule has 1 aromatic rings. The lowest BCUT2D eigenvalue weighted by Gasteiger charge is -2.15. The van der Waals surface area contributed by atoms with Crippen LogP contribution in [0.2, 0.25) is 5.02 Å². The van der Waals surface area contributed by atoms with Crippen LogP contribution in [0.4, 0.5) is 5.82 Å². The fraction of sp³-hybridized carbons (Fsp3) is 0.667. The molecule has 6 heteroatoms. The van der Waals surface area contributed by atoms with Gasteiger partial charge in [0.15, 0.2) is 5.82 Å². The lowest BCUT2D eigenvalue weighted by molar-refractivity contribution is 0.316. The monoisotopic (exact) mass is 268 g/mol. The number of H-pyrrole nitrogens is 1. The molecule has 18 heavy (non-hydrogen) atoms. The SMILES string of the molecule is O=c1[nH]cnc(NCC2CCN(C3CC3)C2)c1Cl. The van der Waals surface area contributed by atoms with Gasteiger partial charge in [-0.15, -0.1) is 0 Å². The molecule has 1 aliphatic carbocycles. The van der Waals surface area contributed by atoms with Crippen LogP contribution in [-0.4, -0.2) is 40.5 Å². The third-order valence-electron chi connectivity index (χ3n) is 3.74. The van der Waals surface area contributed by atoms with Crippen molar-refractivity contribution in [3.63, 3.8) is 0 Å². The predicted molar refractivity (Wildman–Crippen MR) is 71.1 cm³/mol. The van der Waals surface area contributed by atoms with Gasteiger partial charge in [-0.2, -0.15) is 0 Å². The number of nitrogens with one attached hydrogen (secondary N) is 2. The van der Waals surface area contributed by atoms with Gasteiger partial charge in [0, 0.05) is 19.1 Å². The van der Waals surface area contributed by atoms with Crippen molar-refractivity contribution in [2.45, 2.75) is 25.3 Å². The summed E-state index contributed by atoms with van der Waals surface area (Å²) < 4.78 is 0. The highest BCUT2D eigenvalue weighted by atomic mass is 35.5. The minimum atomic E-state index is -0.291. The van der Waals surface area contributed by atoms with Crippen molar-refractivity contribution in [3.05, 3.63) is 21.7 Å². The quantitative estimate of drug-likeness (QED) is 0.865. The van der Waals surface area contributed by atoms with Gasteiger partial charge in [0.05, 0.1) is 6.33 Å². The Balaban J connectivity index is 1.55. The maximum Gasteiger partial charge on any atom is 0.271 e. The molecule has 1 saturated carbocycles. The Kier molecular flexibility index (Phi) is 3.26. The summed E-state index contributed by atoms with van der Waals surface area (Å²) in [6, 6.07) is 0.844. The van der Waals surface area contributed by atoms with Crippen LogP contribution in [0.5, 0.6) is 0 Å². The van der Waals surface area contributed by atoms with Crippen LogP contribution in [0.25, 0.3) is 0 Å². The predicted octanol–water partition coefficient (Wildman–Crippen LogP) is 1.32. The second kappa shape index (κ2) is 4.90. The third kappa shape index (κ3) is 2.52. The average molecular weight is 269 g/mol. The first-order valence-electron chi connectivity index (χ1n) is 6.45. The molecule has 2 aliphatic rings. The molecule has 1 atom stereocenters. The van der Waals surface area contributed by atoms with E-state index in [0.29, 0.717) is 11.7 Å². The van der Waals surface area contributed by atoms with Crippen LogP contribution in [-0.2, 0) is 0 Å². The number of hydrogen-bond acceptors (Lipinski definition) is 4. The zero-order valence-corrected chi connectivity index (χ0v) is 10.9. The van der Waals surface area contributed by atoms with Crippen molar-refractivity contribution in [3.8, 4) is 0 Å². The van der Waals surface area contributed by atoms with Gasteiger partial charge in [0.25, 0.3) is 5.56 Å². The van der Waals surface area contributed by atoms with Gasteiger partial charge in [-0.1, -0.05) is 11.6 Å². The van der Waals surface area contributed by atoms with Crippen LogP contribution in [0.15, 0.2) is 11.1 Å². The zero-order chi connectivity index (χ0) is 12.5. The van der Waals surface area contributed by atoms with Gasteiger partial charge in [0.1, 0.15) is 5.02 Å². The van der Waals surface area contributed by atoms with E-state index in [4.69, 9.17) is 11.6 Å². The van der Waals surface area contributed by atoms with Crippen molar-refractivity contribution in [1.29, 1.82) is 0 Å². The number of likely N-dealkylation sites (tertiary alicyclic amines) is 1. The first-order chi connectivity index (χ1) is 8.74. The van der Waals surface area contributed by atoms with Gasteiger partial charge in [-0.25, -0.2) is 4.98 Å². The van der Waals surface area contributed by atoms with Crippen molar-refractivity contribution in [1.82, 2.24) is 14.9 Å². The third-order valence-corrected chi connectivity index (χ3v) is 4.09. The number of aromatic amines is 1. The highest BCUT2D eigenvalue weighted by molar-refractivity contribution is 6.32. The van der Waals surface area contributed by atoms with Crippen molar-refractivity contribution >= 4 is 17.4 Å². The van der Waals surface area contributed by atoms with Crippen LogP contribution in [0, 0.1) is 5.92 Å². The fourth-order valence-corrected chi connectivity index (χ4v) is 2.72. The molecular formula is C12H17ClN4O. The topological polar surface area (TPSA) is 61.0 Å². The van der Waals surface area contributed by atoms with E-state index in [1.165, 1.54) is 32.1 Å². The fourth-order valence-electron chi connectivity index (χ4n) is 2.55. The molecule has 1 unspecified atom stereocenters. The Morgan fingerprint density at radius 3 is 3.11 bits per heavy atom. The first kappa shape index (κ1) is 12.0. The summed E-state index contributed by atoms with van der Waals surface area (Å²) >= 11 is 5.89. The summed E-state index contributed by atoms with van der Waals surface area (Å²) in [7, 11) is 0. The van der Waals surface area contributed by atoms with E-state index in [1.807, 2.05) is 0 Å². The van der Waals surface area contributed by atoms with Crippen molar-refractivity contribution < 1.29 is 0 Å². The summed E-state index contributed by atoms with van der Waals surface area (Å²) in [5.41, 5.74) is -0.291. The molecule has 1 aliphatic heterocycles. The van der Waals surface area contributed by atoms with Crippen molar-refractivity contribution in [2.24, 2.45) is 5.92 Å². The van der Waals surface area contributed by atoms with E-state index in [9.17, 15) is 4.79 Å². The number of halogens is 1. The molecule has 2 heterocycles. The molecule has 0 radical (unpaired) electrons. The second-order valence-electron chi connectivity index (χ2n) is 5.16. The summed E-state index contributed by atoms with van der Waals surface area (Å²) in [6.07, 6.45) is 5.31. The molecule has 1 aromatic heterocycles. The maximum absolute atomic E-state index is 11.3. The Hall–Kier alpha value is -1.07. The van der Waals surface area contributed by atoms with Crippen LogP contribution >= 0.6 is 11.6 Å². The number of hydrogen-bond donors (Lipinski definition) is 2. The maximum atomic E-state index is 11.3.